The van der Waals surface area contributed by atoms with Gasteiger partial charge in [0.1, 0.15) is 5.15 Å². The van der Waals surface area contributed by atoms with Crippen LogP contribution in [0.3, 0.4) is 0 Å². The summed E-state index contributed by atoms with van der Waals surface area (Å²) in [4.78, 5) is 0. The Kier molecular flexibility index (Phi) is 3.75. The molecular formula is C13H14Cl2N2. The Morgan fingerprint density at radius 2 is 2.00 bits per heavy atom. The van der Waals surface area contributed by atoms with Gasteiger partial charge in [-0.15, -0.1) is 0 Å². The fourth-order valence-electron chi connectivity index (χ4n) is 1.68. The number of hydrogen-bond donors (Lipinski definition) is 0. The molecule has 0 amide bonds. The monoisotopic (exact) mass is 268 g/mol. The lowest BCUT2D eigenvalue weighted by molar-refractivity contribution is 0.807. The summed E-state index contributed by atoms with van der Waals surface area (Å²) >= 11 is 12.3. The Morgan fingerprint density at radius 3 is 2.65 bits per heavy atom. The zero-order chi connectivity index (χ0) is 12.4. The van der Waals surface area contributed by atoms with E-state index < -0.39 is 0 Å². The maximum absolute atomic E-state index is 6.16. The topological polar surface area (TPSA) is 17.8 Å². The van der Waals surface area contributed by atoms with E-state index in [1.807, 2.05) is 31.2 Å². The quantitative estimate of drug-likeness (QED) is 0.805. The lowest BCUT2D eigenvalue weighted by atomic mass is 10.2. The maximum atomic E-state index is 6.16. The summed E-state index contributed by atoms with van der Waals surface area (Å²) < 4.78 is 1.72. The summed E-state index contributed by atoms with van der Waals surface area (Å²) in [6.07, 6.45) is 1.99. The van der Waals surface area contributed by atoms with Crippen LogP contribution in [-0.2, 0) is 6.42 Å². The van der Waals surface area contributed by atoms with Crippen LogP contribution in [0.25, 0.3) is 5.69 Å². The molecule has 2 aromatic rings. The first kappa shape index (κ1) is 12.5. The number of rotatable bonds is 3. The average Bonchev–Trinajstić information content (AvgIpc) is 2.64. The van der Waals surface area contributed by atoms with Crippen LogP contribution in [0.5, 0.6) is 0 Å². The van der Waals surface area contributed by atoms with Crippen molar-refractivity contribution in [2.45, 2.75) is 26.7 Å². The van der Waals surface area contributed by atoms with Crippen LogP contribution >= 0.6 is 23.2 Å². The van der Waals surface area contributed by atoms with Gasteiger partial charge < -0.3 is 0 Å². The molecule has 0 bridgehead atoms. The smallest absolute Gasteiger partial charge is 0.133 e. The van der Waals surface area contributed by atoms with Crippen molar-refractivity contribution >= 4 is 23.2 Å². The third-order valence-corrected chi connectivity index (χ3v) is 3.30. The van der Waals surface area contributed by atoms with Crippen molar-refractivity contribution in [1.29, 1.82) is 0 Å². The van der Waals surface area contributed by atoms with Crippen molar-refractivity contribution in [3.8, 4) is 5.69 Å². The van der Waals surface area contributed by atoms with Gasteiger partial charge in [0, 0.05) is 5.02 Å². The molecule has 0 saturated heterocycles. The lowest BCUT2D eigenvalue weighted by Gasteiger charge is -2.05. The molecule has 90 valence electrons. The molecule has 4 heteroatoms. The van der Waals surface area contributed by atoms with Gasteiger partial charge in [-0.3, -0.25) is 0 Å². The van der Waals surface area contributed by atoms with Crippen molar-refractivity contribution < 1.29 is 0 Å². The highest BCUT2D eigenvalue weighted by molar-refractivity contribution is 6.31. The average molecular weight is 269 g/mol. The Hall–Kier alpha value is -0.990. The molecule has 0 unspecified atom stereocenters. The maximum Gasteiger partial charge on any atom is 0.133 e. The second-order valence-corrected chi connectivity index (χ2v) is 4.85. The summed E-state index contributed by atoms with van der Waals surface area (Å²) in [6.45, 7) is 4.09. The number of aromatic nitrogens is 2. The molecule has 0 fully saturated rings. The van der Waals surface area contributed by atoms with Gasteiger partial charge >= 0.3 is 0 Å². The molecule has 0 aliphatic rings. The van der Waals surface area contributed by atoms with E-state index in [2.05, 4.69) is 12.0 Å². The van der Waals surface area contributed by atoms with E-state index in [1.165, 1.54) is 0 Å². The zero-order valence-electron chi connectivity index (χ0n) is 9.87. The van der Waals surface area contributed by atoms with Crippen molar-refractivity contribution in [2.24, 2.45) is 0 Å². The molecular weight excluding hydrogens is 255 g/mol. The number of hydrogen-bond acceptors (Lipinski definition) is 1. The molecule has 0 spiro atoms. The first-order valence-electron chi connectivity index (χ1n) is 5.62. The van der Waals surface area contributed by atoms with Crippen LogP contribution in [0.1, 0.15) is 24.6 Å². The molecule has 17 heavy (non-hydrogen) atoms. The SMILES string of the molecule is CCCc1cc(Cl)n(-c2ccc(C)c(Cl)c2)n1. The summed E-state index contributed by atoms with van der Waals surface area (Å²) in [6, 6.07) is 7.72. The molecule has 0 N–H and O–H groups in total. The van der Waals surface area contributed by atoms with E-state index in [-0.39, 0.29) is 0 Å². The van der Waals surface area contributed by atoms with Gasteiger partial charge in [-0.2, -0.15) is 5.10 Å². The molecule has 0 radical (unpaired) electrons. The third-order valence-electron chi connectivity index (χ3n) is 2.62. The van der Waals surface area contributed by atoms with E-state index in [0.717, 1.165) is 34.8 Å². The lowest BCUT2D eigenvalue weighted by Crippen LogP contribution is -1.98. The van der Waals surface area contributed by atoms with Gasteiger partial charge in [0.2, 0.25) is 0 Å². The van der Waals surface area contributed by atoms with Gasteiger partial charge in [-0.05, 0) is 37.1 Å². The van der Waals surface area contributed by atoms with Crippen molar-refractivity contribution in [3.63, 3.8) is 0 Å². The Bertz CT molecular complexity index is 532. The number of halogens is 2. The summed E-state index contributed by atoms with van der Waals surface area (Å²) in [5.41, 5.74) is 2.95. The molecule has 0 aliphatic heterocycles. The summed E-state index contributed by atoms with van der Waals surface area (Å²) in [7, 11) is 0. The van der Waals surface area contributed by atoms with E-state index in [1.54, 1.807) is 4.68 Å². The van der Waals surface area contributed by atoms with Crippen LogP contribution in [-0.4, -0.2) is 9.78 Å². The highest BCUT2D eigenvalue weighted by atomic mass is 35.5. The fourth-order valence-corrected chi connectivity index (χ4v) is 2.11. The molecule has 2 rings (SSSR count). The minimum absolute atomic E-state index is 0.619. The Morgan fingerprint density at radius 1 is 1.24 bits per heavy atom. The number of benzene rings is 1. The van der Waals surface area contributed by atoms with Crippen molar-refractivity contribution in [1.82, 2.24) is 9.78 Å². The highest BCUT2D eigenvalue weighted by Crippen LogP contribution is 2.23. The van der Waals surface area contributed by atoms with Gasteiger partial charge in [0.25, 0.3) is 0 Å². The minimum atomic E-state index is 0.619. The first-order valence-corrected chi connectivity index (χ1v) is 6.38. The van der Waals surface area contributed by atoms with Crippen LogP contribution < -0.4 is 0 Å². The van der Waals surface area contributed by atoms with Gasteiger partial charge in [0.15, 0.2) is 0 Å². The van der Waals surface area contributed by atoms with Crippen LogP contribution in [0.2, 0.25) is 10.2 Å². The van der Waals surface area contributed by atoms with Gasteiger partial charge in [0.05, 0.1) is 11.4 Å². The van der Waals surface area contributed by atoms with E-state index >= 15 is 0 Å². The molecule has 0 atom stereocenters. The van der Waals surface area contributed by atoms with Crippen molar-refractivity contribution in [2.75, 3.05) is 0 Å². The molecule has 1 aromatic carbocycles. The molecule has 0 saturated carbocycles. The largest absolute Gasteiger partial charge is 0.222 e. The minimum Gasteiger partial charge on any atom is -0.222 e. The Labute approximate surface area is 111 Å². The van der Waals surface area contributed by atoms with Crippen molar-refractivity contribution in [3.05, 3.63) is 45.7 Å². The molecule has 1 heterocycles. The van der Waals surface area contributed by atoms with Crippen LogP contribution in [0.4, 0.5) is 0 Å². The van der Waals surface area contributed by atoms with Gasteiger partial charge in [-0.25, -0.2) is 4.68 Å². The third kappa shape index (κ3) is 2.64. The van der Waals surface area contributed by atoms with E-state index in [9.17, 15) is 0 Å². The van der Waals surface area contributed by atoms with Crippen LogP contribution in [0, 0.1) is 6.92 Å². The normalized spacial score (nSPS) is 10.8. The van der Waals surface area contributed by atoms with E-state index in [4.69, 9.17) is 23.2 Å². The standard InChI is InChI=1S/C13H14Cl2N2/c1-3-4-10-7-13(15)17(16-10)11-6-5-9(2)12(14)8-11/h5-8H,3-4H2,1-2H3. The predicted molar refractivity (Wildman–Crippen MR) is 72.3 cm³/mol. The fraction of sp³-hybridized carbons (Fsp3) is 0.308. The molecule has 2 nitrogen and oxygen atoms in total. The second-order valence-electron chi connectivity index (χ2n) is 4.05. The zero-order valence-corrected chi connectivity index (χ0v) is 11.4. The van der Waals surface area contributed by atoms with E-state index in [0.29, 0.717) is 5.15 Å². The first-order chi connectivity index (χ1) is 8.11. The number of nitrogens with zero attached hydrogens (tertiary/aromatic N) is 2. The van der Waals surface area contributed by atoms with Gasteiger partial charge in [-0.1, -0.05) is 42.6 Å². The summed E-state index contributed by atoms with van der Waals surface area (Å²) in [5.74, 6) is 0. The molecule has 1 aromatic heterocycles. The molecule has 0 aliphatic carbocycles. The summed E-state index contributed by atoms with van der Waals surface area (Å²) in [5, 5.41) is 5.81. The predicted octanol–water partition coefficient (Wildman–Crippen LogP) is 4.44. The number of aryl methyl sites for hydroxylation is 2. The highest BCUT2D eigenvalue weighted by Gasteiger charge is 2.08. The Balaban J connectivity index is 2.41. The van der Waals surface area contributed by atoms with Crippen LogP contribution in [0.15, 0.2) is 24.3 Å². The second kappa shape index (κ2) is 5.11.